The van der Waals surface area contributed by atoms with Crippen LogP contribution >= 0.6 is 0 Å². The molecule has 6 nitrogen and oxygen atoms in total. The molecule has 4 rings (SSSR count). The van der Waals surface area contributed by atoms with Crippen LogP contribution in [-0.4, -0.2) is 42.6 Å². The number of anilines is 1. The van der Waals surface area contributed by atoms with Crippen LogP contribution in [0.2, 0.25) is 0 Å². The molecule has 1 atom stereocenters. The van der Waals surface area contributed by atoms with E-state index in [1.165, 1.54) is 11.1 Å². The molecule has 3 amide bonds. The SMILES string of the molecule is CCOc1ccc(N2C[C@@H](NC(=O)N3CCc4ccccc4C3)CC2=O)cc1. The van der Waals surface area contributed by atoms with Crippen molar-refractivity contribution in [3.8, 4) is 5.75 Å². The second kappa shape index (κ2) is 7.92. The minimum Gasteiger partial charge on any atom is -0.494 e. The zero-order valence-corrected chi connectivity index (χ0v) is 16.1. The molecule has 6 heteroatoms. The summed E-state index contributed by atoms with van der Waals surface area (Å²) in [7, 11) is 0. The lowest BCUT2D eigenvalue weighted by molar-refractivity contribution is -0.117. The average Bonchev–Trinajstić information content (AvgIpc) is 3.08. The Kier molecular flexibility index (Phi) is 5.19. The van der Waals surface area contributed by atoms with Gasteiger partial charge in [-0.15, -0.1) is 0 Å². The van der Waals surface area contributed by atoms with E-state index in [9.17, 15) is 9.59 Å². The number of hydrogen-bond acceptors (Lipinski definition) is 3. The van der Waals surface area contributed by atoms with Crippen LogP contribution < -0.4 is 15.0 Å². The molecule has 0 aliphatic carbocycles. The Morgan fingerprint density at radius 1 is 1.14 bits per heavy atom. The van der Waals surface area contributed by atoms with Crippen LogP contribution in [-0.2, 0) is 17.8 Å². The third kappa shape index (κ3) is 3.81. The summed E-state index contributed by atoms with van der Waals surface area (Å²) in [6.45, 7) is 4.35. The molecule has 0 saturated carbocycles. The summed E-state index contributed by atoms with van der Waals surface area (Å²) in [5.74, 6) is 0.812. The second-order valence-corrected chi connectivity index (χ2v) is 7.22. The van der Waals surface area contributed by atoms with E-state index in [0.29, 0.717) is 32.7 Å². The molecule has 2 heterocycles. The molecular formula is C22H25N3O3. The van der Waals surface area contributed by atoms with Gasteiger partial charge in [0.15, 0.2) is 0 Å². The maximum absolute atomic E-state index is 12.7. The molecule has 1 saturated heterocycles. The number of carbonyl (C=O) groups excluding carboxylic acids is 2. The number of amides is 3. The van der Waals surface area contributed by atoms with Crippen LogP contribution in [0.3, 0.4) is 0 Å². The van der Waals surface area contributed by atoms with Gasteiger partial charge in [-0.05, 0) is 48.7 Å². The van der Waals surface area contributed by atoms with Crippen molar-refractivity contribution in [2.75, 3.05) is 24.6 Å². The summed E-state index contributed by atoms with van der Waals surface area (Å²) < 4.78 is 5.45. The van der Waals surface area contributed by atoms with Gasteiger partial charge in [-0.25, -0.2) is 4.79 Å². The van der Waals surface area contributed by atoms with E-state index in [1.807, 2.05) is 48.2 Å². The van der Waals surface area contributed by atoms with Gasteiger partial charge < -0.3 is 19.9 Å². The Morgan fingerprint density at radius 3 is 2.64 bits per heavy atom. The standard InChI is InChI=1S/C22H25N3O3/c1-2-28-20-9-7-19(8-10-20)25-15-18(13-21(25)26)23-22(27)24-12-11-16-5-3-4-6-17(16)14-24/h3-10,18H,2,11-15H2,1H3,(H,23,27)/t18-/m0/s1. The first-order chi connectivity index (χ1) is 13.6. The van der Waals surface area contributed by atoms with Crippen molar-refractivity contribution in [1.29, 1.82) is 0 Å². The molecule has 1 N–H and O–H groups in total. The third-order valence-corrected chi connectivity index (χ3v) is 5.33. The molecule has 0 aromatic heterocycles. The van der Waals surface area contributed by atoms with Crippen molar-refractivity contribution in [3.05, 3.63) is 59.7 Å². The number of fused-ring (bicyclic) bond motifs is 1. The van der Waals surface area contributed by atoms with E-state index < -0.39 is 0 Å². The summed E-state index contributed by atoms with van der Waals surface area (Å²) >= 11 is 0. The van der Waals surface area contributed by atoms with E-state index in [-0.39, 0.29) is 18.0 Å². The summed E-state index contributed by atoms with van der Waals surface area (Å²) in [5.41, 5.74) is 3.34. The first kappa shape index (κ1) is 18.3. The Hall–Kier alpha value is -3.02. The molecule has 0 unspecified atom stereocenters. The van der Waals surface area contributed by atoms with Crippen LogP contribution in [0.4, 0.5) is 10.5 Å². The number of carbonyl (C=O) groups is 2. The van der Waals surface area contributed by atoms with Crippen molar-refractivity contribution < 1.29 is 14.3 Å². The zero-order valence-electron chi connectivity index (χ0n) is 16.1. The van der Waals surface area contributed by atoms with E-state index in [4.69, 9.17) is 4.74 Å². The number of rotatable bonds is 4. The predicted octanol–water partition coefficient (Wildman–Crippen LogP) is 2.96. The number of nitrogens with zero attached hydrogens (tertiary/aromatic N) is 2. The van der Waals surface area contributed by atoms with E-state index in [0.717, 1.165) is 17.9 Å². The lowest BCUT2D eigenvalue weighted by Gasteiger charge is -2.30. The normalized spacial score (nSPS) is 18.8. The predicted molar refractivity (Wildman–Crippen MR) is 107 cm³/mol. The first-order valence-electron chi connectivity index (χ1n) is 9.79. The lowest BCUT2D eigenvalue weighted by Crippen LogP contribution is -2.47. The molecule has 2 aliphatic heterocycles. The minimum absolute atomic E-state index is 0.0263. The smallest absolute Gasteiger partial charge is 0.318 e. The van der Waals surface area contributed by atoms with E-state index in [2.05, 4.69) is 17.4 Å². The van der Waals surface area contributed by atoms with Crippen LogP contribution in [0.25, 0.3) is 0 Å². The number of ether oxygens (including phenoxy) is 1. The highest BCUT2D eigenvalue weighted by atomic mass is 16.5. The van der Waals surface area contributed by atoms with E-state index >= 15 is 0 Å². The molecular weight excluding hydrogens is 354 g/mol. The Labute approximate surface area is 165 Å². The van der Waals surface area contributed by atoms with Crippen LogP contribution in [0.1, 0.15) is 24.5 Å². The van der Waals surface area contributed by atoms with Gasteiger partial charge in [0, 0.05) is 31.7 Å². The molecule has 1 fully saturated rings. The Morgan fingerprint density at radius 2 is 1.89 bits per heavy atom. The van der Waals surface area contributed by atoms with Gasteiger partial charge in [-0.1, -0.05) is 24.3 Å². The summed E-state index contributed by atoms with van der Waals surface area (Å²) in [4.78, 5) is 28.7. The van der Waals surface area contributed by atoms with Gasteiger partial charge in [0.1, 0.15) is 5.75 Å². The van der Waals surface area contributed by atoms with Crippen LogP contribution in [0.15, 0.2) is 48.5 Å². The molecule has 146 valence electrons. The van der Waals surface area contributed by atoms with Crippen molar-refractivity contribution in [1.82, 2.24) is 10.2 Å². The number of benzene rings is 2. The zero-order chi connectivity index (χ0) is 19.5. The maximum atomic E-state index is 12.7. The topological polar surface area (TPSA) is 61.9 Å². The maximum Gasteiger partial charge on any atom is 0.318 e. The number of urea groups is 1. The van der Waals surface area contributed by atoms with Crippen molar-refractivity contribution >= 4 is 17.6 Å². The third-order valence-electron chi connectivity index (χ3n) is 5.33. The van der Waals surface area contributed by atoms with Gasteiger partial charge in [-0.3, -0.25) is 4.79 Å². The van der Waals surface area contributed by atoms with Gasteiger partial charge >= 0.3 is 6.03 Å². The van der Waals surface area contributed by atoms with Gasteiger partial charge in [-0.2, -0.15) is 0 Å². The molecule has 0 radical (unpaired) electrons. The Balaban J connectivity index is 1.36. The molecule has 2 aliphatic rings. The summed E-state index contributed by atoms with van der Waals surface area (Å²) in [5, 5.41) is 3.04. The first-order valence-corrected chi connectivity index (χ1v) is 9.79. The fourth-order valence-corrected chi connectivity index (χ4v) is 3.88. The van der Waals surface area contributed by atoms with Gasteiger partial charge in [0.2, 0.25) is 5.91 Å². The highest BCUT2D eigenvalue weighted by Gasteiger charge is 2.33. The monoisotopic (exact) mass is 379 g/mol. The van der Waals surface area contributed by atoms with E-state index in [1.54, 1.807) is 4.90 Å². The number of hydrogen-bond donors (Lipinski definition) is 1. The fraction of sp³-hybridized carbons (Fsp3) is 0.364. The molecule has 0 bridgehead atoms. The quantitative estimate of drug-likeness (QED) is 0.888. The summed E-state index contributed by atoms with van der Waals surface area (Å²) in [6, 6.07) is 15.5. The largest absolute Gasteiger partial charge is 0.494 e. The highest BCUT2D eigenvalue weighted by Crippen LogP contribution is 2.25. The van der Waals surface area contributed by atoms with Crippen molar-refractivity contribution in [3.63, 3.8) is 0 Å². The minimum atomic E-state index is -0.177. The average molecular weight is 379 g/mol. The number of nitrogens with one attached hydrogen (secondary N) is 1. The molecule has 2 aromatic rings. The molecule has 28 heavy (non-hydrogen) atoms. The van der Waals surface area contributed by atoms with Crippen molar-refractivity contribution in [2.24, 2.45) is 0 Å². The summed E-state index contributed by atoms with van der Waals surface area (Å²) in [6.07, 6.45) is 1.19. The second-order valence-electron chi connectivity index (χ2n) is 7.22. The van der Waals surface area contributed by atoms with Crippen LogP contribution in [0, 0.1) is 0 Å². The van der Waals surface area contributed by atoms with Gasteiger partial charge in [0.25, 0.3) is 0 Å². The molecule has 2 aromatic carbocycles. The van der Waals surface area contributed by atoms with Crippen molar-refractivity contribution in [2.45, 2.75) is 32.4 Å². The fourth-order valence-electron chi connectivity index (χ4n) is 3.88. The highest BCUT2D eigenvalue weighted by molar-refractivity contribution is 5.96. The lowest BCUT2D eigenvalue weighted by atomic mass is 10.0. The molecule has 0 spiro atoms. The van der Waals surface area contributed by atoms with Gasteiger partial charge in [0.05, 0.1) is 12.6 Å². The van der Waals surface area contributed by atoms with Crippen LogP contribution in [0.5, 0.6) is 5.75 Å². The Bertz CT molecular complexity index is 866.